The van der Waals surface area contributed by atoms with Crippen molar-refractivity contribution in [2.24, 2.45) is 0 Å². The Hall–Kier alpha value is -1.52. The van der Waals surface area contributed by atoms with Crippen LogP contribution < -0.4 is 0 Å². The van der Waals surface area contributed by atoms with Crippen LogP contribution in [0.15, 0.2) is 75.3 Å². The first kappa shape index (κ1) is 33.8. The number of fused-ring (bicyclic) bond motifs is 4. The quantitative estimate of drug-likeness (QED) is 0.309. The smallest absolute Gasteiger partial charge is 0.0998 e. The normalized spacial score (nSPS) is 23.1. The summed E-state index contributed by atoms with van der Waals surface area (Å²) in [6, 6.07) is 20.9. The van der Waals surface area contributed by atoms with Crippen LogP contribution in [0.4, 0.5) is 0 Å². The van der Waals surface area contributed by atoms with E-state index in [-0.39, 0.29) is 0 Å². The molecule has 3 aliphatic heterocycles. The molecule has 8 heteroatoms. The molecule has 2 aromatic rings. The summed E-state index contributed by atoms with van der Waals surface area (Å²) in [5, 5.41) is 20.6. The van der Waals surface area contributed by atoms with Gasteiger partial charge in [-0.25, -0.2) is 0 Å². The molecular weight excluding hydrogens is 653 g/mol. The largest absolute Gasteiger partial charge is 0.192 e. The molecular formula is C36H38N2S6. The molecule has 0 spiro atoms. The molecule has 0 N–H and O–H groups in total. The van der Waals surface area contributed by atoms with Crippen molar-refractivity contribution in [3.8, 4) is 12.1 Å². The molecule has 2 nitrogen and oxygen atoms in total. The maximum Gasteiger partial charge on any atom is 0.0998 e. The maximum absolute atomic E-state index is 10.3. The first-order valence-electron chi connectivity index (χ1n) is 15.5. The summed E-state index contributed by atoms with van der Waals surface area (Å²) in [7, 11) is 0. The summed E-state index contributed by atoms with van der Waals surface area (Å²) < 4.78 is 5.14. The van der Waals surface area contributed by atoms with E-state index in [1.807, 2.05) is 107 Å². The van der Waals surface area contributed by atoms with Gasteiger partial charge in [-0.15, -0.1) is 23.5 Å². The van der Waals surface area contributed by atoms with Gasteiger partial charge in [-0.05, 0) is 50.3 Å². The third-order valence-corrected chi connectivity index (χ3v) is 16.1. The summed E-state index contributed by atoms with van der Waals surface area (Å²) in [5.74, 6) is 2.27. The van der Waals surface area contributed by atoms with E-state index in [4.69, 9.17) is 0 Å². The van der Waals surface area contributed by atoms with E-state index in [1.165, 1.54) is 91.0 Å². The molecule has 0 saturated heterocycles. The minimum Gasteiger partial charge on any atom is -0.192 e. The van der Waals surface area contributed by atoms with Crippen molar-refractivity contribution in [1.29, 1.82) is 10.5 Å². The topological polar surface area (TPSA) is 47.6 Å². The molecule has 0 saturated carbocycles. The Morgan fingerprint density at radius 3 is 1.23 bits per heavy atom. The molecule has 0 aliphatic carbocycles. The lowest BCUT2D eigenvalue weighted by Gasteiger charge is -2.20. The number of nitrogens with zero attached hydrogens (tertiary/aromatic N) is 2. The molecule has 2 aromatic carbocycles. The first-order chi connectivity index (χ1) is 21.6. The lowest BCUT2D eigenvalue weighted by atomic mass is 9.90. The summed E-state index contributed by atoms with van der Waals surface area (Å²) in [6.45, 7) is 4.47. The summed E-state index contributed by atoms with van der Waals surface area (Å²) in [6.07, 6.45) is 13.3. The molecule has 0 amide bonds. The molecule has 0 radical (unpaired) electrons. The number of benzene rings is 2. The number of rotatable bonds is 2. The lowest BCUT2D eigenvalue weighted by Crippen LogP contribution is -1.99. The van der Waals surface area contributed by atoms with Crippen LogP contribution in [0, 0.1) is 22.7 Å². The van der Waals surface area contributed by atoms with Crippen LogP contribution in [0.5, 0.6) is 0 Å². The van der Waals surface area contributed by atoms with Crippen molar-refractivity contribution in [2.45, 2.75) is 78.1 Å². The van der Waals surface area contributed by atoms with Gasteiger partial charge in [0.05, 0.1) is 40.2 Å². The van der Waals surface area contributed by atoms with E-state index < -0.39 is 0 Å². The molecule has 3 aliphatic rings. The van der Waals surface area contributed by atoms with E-state index in [0.717, 1.165) is 33.8 Å². The highest BCUT2D eigenvalue weighted by atomic mass is 32.2. The fourth-order valence-corrected chi connectivity index (χ4v) is 14.0. The van der Waals surface area contributed by atoms with Crippen LogP contribution in [0.25, 0.3) is 11.1 Å². The molecule has 0 fully saturated rings. The zero-order valence-corrected chi connectivity index (χ0v) is 30.3. The van der Waals surface area contributed by atoms with Gasteiger partial charge in [-0.1, -0.05) is 135 Å². The first-order valence-corrected chi connectivity index (χ1v) is 20.7. The van der Waals surface area contributed by atoms with Crippen molar-refractivity contribution in [1.82, 2.24) is 0 Å². The average molecular weight is 691 g/mol. The van der Waals surface area contributed by atoms with Gasteiger partial charge >= 0.3 is 0 Å². The minimum absolute atomic E-state index is 0.663. The van der Waals surface area contributed by atoms with Crippen LogP contribution in [0.2, 0.25) is 0 Å². The van der Waals surface area contributed by atoms with Crippen LogP contribution in [-0.4, -0.2) is 11.5 Å². The summed E-state index contributed by atoms with van der Waals surface area (Å²) in [4.78, 5) is 2.66. The number of hydrogen-bond acceptors (Lipinski definition) is 8. The van der Waals surface area contributed by atoms with E-state index in [9.17, 15) is 10.5 Å². The van der Waals surface area contributed by atoms with Crippen molar-refractivity contribution >= 4 is 81.7 Å². The van der Waals surface area contributed by atoms with Crippen molar-refractivity contribution in [2.75, 3.05) is 11.5 Å². The average Bonchev–Trinajstić information content (AvgIpc) is 3.60. The maximum atomic E-state index is 10.3. The molecule has 228 valence electrons. The molecule has 3 heterocycles. The fraction of sp³-hybridized carbons (Fsp3) is 0.389. The van der Waals surface area contributed by atoms with Crippen molar-refractivity contribution in [3.05, 3.63) is 97.5 Å². The standard InChI is InChI=1S/C36H38N2S6/c1-25-33-39-21-15-9-7-5-3-4-6-8-10-16-22-40-34-26(2)42-36(44-34)32(30-20-14-12-18-28(30)24-38)31(35(41-25)43-33)29-19-13-11-17-27(29)23-37/h11-14,17-20H,3-10,15-16,21-22H2,1-2H3/b35-31-,36-32+. The zero-order chi connectivity index (χ0) is 30.7. The second-order valence-corrected chi connectivity index (χ2v) is 18.7. The fourth-order valence-electron chi connectivity index (χ4n) is 5.42. The Kier molecular flexibility index (Phi) is 13.4. The Bertz CT molecular complexity index is 1450. The van der Waals surface area contributed by atoms with Crippen molar-refractivity contribution < 1.29 is 0 Å². The highest BCUT2D eigenvalue weighted by Gasteiger charge is 2.32. The second kappa shape index (κ2) is 17.4. The van der Waals surface area contributed by atoms with Gasteiger partial charge in [-0.3, -0.25) is 0 Å². The van der Waals surface area contributed by atoms with Gasteiger partial charge in [0, 0.05) is 32.1 Å². The Labute approximate surface area is 289 Å². The molecule has 0 unspecified atom stereocenters. The highest BCUT2D eigenvalue weighted by molar-refractivity contribution is 8.36. The summed E-state index contributed by atoms with van der Waals surface area (Å²) in [5.41, 5.74) is 5.35. The predicted octanol–water partition coefficient (Wildman–Crippen LogP) is 13.2. The highest BCUT2D eigenvalue weighted by Crippen LogP contribution is 2.62. The van der Waals surface area contributed by atoms with Gasteiger partial charge in [0.15, 0.2) is 0 Å². The number of hydrogen-bond donors (Lipinski definition) is 0. The molecule has 0 atom stereocenters. The van der Waals surface area contributed by atoms with Gasteiger partial charge < -0.3 is 0 Å². The van der Waals surface area contributed by atoms with Crippen LogP contribution in [-0.2, 0) is 0 Å². The van der Waals surface area contributed by atoms with Gasteiger partial charge in [0.2, 0.25) is 0 Å². The molecule has 0 aromatic heterocycles. The number of allylic oxidation sites excluding steroid dienone is 4. The van der Waals surface area contributed by atoms with Crippen LogP contribution >= 0.6 is 70.6 Å². The second-order valence-electron chi connectivity index (χ2n) is 11.0. The molecule has 44 heavy (non-hydrogen) atoms. The van der Waals surface area contributed by atoms with E-state index in [1.54, 1.807) is 0 Å². The Morgan fingerprint density at radius 1 is 0.477 bits per heavy atom. The number of thioether (sulfide) groups is 6. The third kappa shape index (κ3) is 8.64. The van der Waals surface area contributed by atoms with Gasteiger partial charge in [0.25, 0.3) is 0 Å². The monoisotopic (exact) mass is 690 g/mol. The summed E-state index contributed by atoms with van der Waals surface area (Å²) >= 11 is 11.3. The molecule has 5 rings (SSSR count). The van der Waals surface area contributed by atoms with Gasteiger partial charge in [0.1, 0.15) is 0 Å². The SMILES string of the molecule is CC1=C2SCCCCCCCCCCCCSC3=C(C)S/C(=C(c4ccccc4C#N)\C(c4ccccc4C#N)=C(\S1)S2)S3. The Balaban J connectivity index is 1.62. The lowest BCUT2D eigenvalue weighted by molar-refractivity contribution is 0.564. The van der Waals surface area contributed by atoms with E-state index >= 15 is 0 Å². The van der Waals surface area contributed by atoms with E-state index in [0.29, 0.717) is 11.1 Å². The van der Waals surface area contributed by atoms with E-state index in [2.05, 4.69) is 38.1 Å². The third-order valence-electron chi connectivity index (χ3n) is 7.73. The van der Waals surface area contributed by atoms with Crippen LogP contribution in [0.1, 0.15) is 100 Å². The molecule has 4 bridgehead atoms. The predicted molar refractivity (Wildman–Crippen MR) is 203 cm³/mol. The Morgan fingerprint density at radius 2 is 0.841 bits per heavy atom. The van der Waals surface area contributed by atoms with Crippen molar-refractivity contribution in [3.63, 3.8) is 0 Å². The van der Waals surface area contributed by atoms with Gasteiger partial charge in [-0.2, -0.15) is 10.5 Å². The zero-order valence-electron chi connectivity index (χ0n) is 25.4. The minimum atomic E-state index is 0.663. The number of nitriles is 2. The van der Waals surface area contributed by atoms with Crippen LogP contribution in [0.3, 0.4) is 0 Å².